The Labute approximate surface area is 295 Å². The molecule has 2 aromatic carbocycles. The van der Waals surface area contributed by atoms with Crippen molar-refractivity contribution < 1.29 is 23.4 Å². The summed E-state index contributed by atoms with van der Waals surface area (Å²) in [5.74, 6) is 2.34. The molecule has 0 bridgehead atoms. The number of anilines is 1. The number of hydrogen-bond donors (Lipinski definition) is 2. The fourth-order valence-electron chi connectivity index (χ4n) is 6.04. The first-order valence-corrected chi connectivity index (χ1v) is 17.7. The van der Waals surface area contributed by atoms with Gasteiger partial charge in [-0.3, -0.25) is 14.4 Å². The molecule has 1 amide bonds. The Morgan fingerprint density at radius 2 is 1.66 bits per heavy atom. The average Bonchev–Trinajstić information content (AvgIpc) is 3.53. The maximum Gasteiger partial charge on any atom is 0.230 e. The predicted octanol–water partition coefficient (Wildman–Crippen LogP) is 4.80. The third-order valence-corrected chi connectivity index (χ3v) is 8.75. The fourth-order valence-corrected chi connectivity index (χ4v) is 6.04. The molecular weight excluding hydrogens is 632 g/mol. The summed E-state index contributed by atoms with van der Waals surface area (Å²) in [4.78, 5) is 23.7. The maximum atomic E-state index is 12.5. The average molecular weight is 685 g/mol. The molecule has 1 saturated heterocycles. The van der Waals surface area contributed by atoms with E-state index >= 15 is 0 Å². The van der Waals surface area contributed by atoms with Gasteiger partial charge >= 0.3 is 0 Å². The van der Waals surface area contributed by atoms with Gasteiger partial charge in [-0.1, -0.05) is 49.0 Å². The second-order valence-electron chi connectivity index (χ2n) is 12.7. The maximum absolute atomic E-state index is 12.5. The number of allylic oxidation sites excluding steroid dienone is 1. The lowest BCUT2D eigenvalue weighted by atomic mass is 9.93. The molecule has 0 atom stereocenters. The van der Waals surface area contributed by atoms with Crippen LogP contribution >= 0.6 is 0 Å². The van der Waals surface area contributed by atoms with E-state index in [-0.39, 0.29) is 5.91 Å². The van der Waals surface area contributed by atoms with Crippen molar-refractivity contribution in [3.05, 3.63) is 95.9 Å². The third kappa shape index (κ3) is 11.7. The molecule has 5 rings (SSSR count). The van der Waals surface area contributed by atoms with Gasteiger partial charge in [-0.15, -0.1) is 0 Å². The van der Waals surface area contributed by atoms with Gasteiger partial charge in [-0.2, -0.15) is 4.98 Å². The molecule has 4 aromatic rings. The van der Waals surface area contributed by atoms with Crippen LogP contribution in [0.4, 0.5) is 5.82 Å². The van der Waals surface area contributed by atoms with Crippen LogP contribution < -0.4 is 21.2 Å². The predicted molar refractivity (Wildman–Crippen MR) is 197 cm³/mol. The first-order chi connectivity index (χ1) is 24.5. The summed E-state index contributed by atoms with van der Waals surface area (Å²) >= 11 is 0. The molecule has 1 fully saturated rings. The number of rotatable bonds is 20. The first kappa shape index (κ1) is 37.0. The summed E-state index contributed by atoms with van der Waals surface area (Å²) < 4.78 is 24.9. The number of ether oxygens (including phenoxy) is 3. The van der Waals surface area contributed by atoms with Gasteiger partial charge in [0.15, 0.2) is 0 Å². The number of piperidine rings is 1. The van der Waals surface area contributed by atoms with E-state index in [9.17, 15) is 4.79 Å². The zero-order valence-corrected chi connectivity index (χ0v) is 29.6. The van der Waals surface area contributed by atoms with Crippen molar-refractivity contribution in [1.29, 1.82) is 0 Å². The SMILES string of the molecule is C=C(C)n1ccc(N2CCC(CC(=O)NCCOCCOCCOCCNCc3ccc4cc(Cc5ccccc5)oc4c3)CC2)nc1=NC. The highest BCUT2D eigenvalue weighted by Gasteiger charge is 2.22. The summed E-state index contributed by atoms with van der Waals surface area (Å²) in [6.45, 7) is 12.8. The molecule has 0 saturated carbocycles. The largest absolute Gasteiger partial charge is 0.461 e. The zero-order chi connectivity index (χ0) is 35.0. The molecule has 0 aliphatic carbocycles. The fraction of sp³-hybridized carbons (Fsp3) is 0.462. The normalized spacial score (nSPS) is 14.0. The van der Waals surface area contributed by atoms with Gasteiger partial charge in [-0.25, -0.2) is 0 Å². The van der Waals surface area contributed by atoms with Crippen LogP contribution in [0.5, 0.6) is 0 Å². The highest BCUT2D eigenvalue weighted by molar-refractivity contribution is 5.78. The standard InChI is InChI=1S/C39H52N6O5/c1-30(2)45-18-13-37(43-39(45)40-3)44-16-11-32(12-17-44)27-38(46)42-15-20-48-22-24-49-23-21-47-19-14-41-29-33-9-10-34-28-35(50-36(34)26-33)25-31-7-5-4-6-8-31/h4-10,13,18,26,28,32,41H,1,11-12,14-17,19-25,27,29H2,2-3H3,(H,42,46). The lowest BCUT2D eigenvalue weighted by molar-refractivity contribution is -0.122. The molecule has 0 radical (unpaired) electrons. The number of furan rings is 1. The van der Waals surface area contributed by atoms with E-state index in [1.54, 1.807) is 7.05 Å². The van der Waals surface area contributed by atoms with Gasteiger partial charge in [0.2, 0.25) is 11.5 Å². The van der Waals surface area contributed by atoms with E-state index in [1.165, 1.54) is 11.1 Å². The van der Waals surface area contributed by atoms with E-state index < -0.39 is 0 Å². The lowest BCUT2D eigenvalue weighted by Gasteiger charge is -2.32. The van der Waals surface area contributed by atoms with Crippen LogP contribution in [0.25, 0.3) is 16.7 Å². The van der Waals surface area contributed by atoms with Gasteiger partial charge < -0.3 is 34.2 Å². The van der Waals surface area contributed by atoms with Crippen LogP contribution in [0.2, 0.25) is 0 Å². The van der Waals surface area contributed by atoms with Crippen molar-refractivity contribution in [3.8, 4) is 0 Å². The van der Waals surface area contributed by atoms with Crippen molar-refractivity contribution in [2.24, 2.45) is 10.9 Å². The van der Waals surface area contributed by atoms with Crippen LogP contribution in [0.1, 0.15) is 43.1 Å². The molecule has 50 heavy (non-hydrogen) atoms. The van der Waals surface area contributed by atoms with Crippen LogP contribution in [-0.2, 0) is 32.0 Å². The molecule has 11 heteroatoms. The summed E-state index contributed by atoms with van der Waals surface area (Å²) in [6, 6.07) is 20.8. The number of benzene rings is 2. The van der Waals surface area contributed by atoms with Gasteiger partial charge in [0, 0.05) is 69.9 Å². The molecule has 0 spiro atoms. The van der Waals surface area contributed by atoms with Crippen molar-refractivity contribution in [3.63, 3.8) is 0 Å². The number of amides is 1. The molecule has 1 aliphatic heterocycles. The van der Waals surface area contributed by atoms with Crippen LogP contribution in [0.15, 0.2) is 82.8 Å². The Balaban J connectivity index is 0.823. The molecule has 3 heterocycles. The van der Waals surface area contributed by atoms with Gasteiger partial charge in [-0.05, 0) is 55.0 Å². The van der Waals surface area contributed by atoms with Crippen LogP contribution in [0.3, 0.4) is 0 Å². The smallest absolute Gasteiger partial charge is 0.230 e. The van der Waals surface area contributed by atoms with E-state index in [1.807, 2.05) is 29.8 Å². The molecule has 0 unspecified atom stereocenters. The number of hydrogen-bond acceptors (Lipinski definition) is 9. The summed E-state index contributed by atoms with van der Waals surface area (Å²) in [5, 5.41) is 7.53. The van der Waals surface area contributed by atoms with E-state index in [4.69, 9.17) is 23.6 Å². The minimum absolute atomic E-state index is 0.0778. The molecule has 2 aromatic heterocycles. The summed E-state index contributed by atoms with van der Waals surface area (Å²) in [6.07, 6.45) is 5.20. The number of nitrogens with zero attached hydrogens (tertiary/aromatic N) is 4. The van der Waals surface area contributed by atoms with E-state index in [0.29, 0.717) is 64.1 Å². The summed E-state index contributed by atoms with van der Waals surface area (Å²) in [7, 11) is 1.74. The quantitative estimate of drug-likeness (QED) is 0.128. The Bertz CT molecular complexity index is 1710. The highest BCUT2D eigenvalue weighted by atomic mass is 16.5. The van der Waals surface area contributed by atoms with Crippen molar-refractivity contribution in [1.82, 2.24) is 20.2 Å². The van der Waals surface area contributed by atoms with Gasteiger partial charge in [0.25, 0.3) is 0 Å². The van der Waals surface area contributed by atoms with Crippen LogP contribution in [0, 0.1) is 5.92 Å². The monoisotopic (exact) mass is 684 g/mol. The van der Waals surface area contributed by atoms with E-state index in [0.717, 1.165) is 73.7 Å². The Hall–Kier alpha value is -4.29. The minimum Gasteiger partial charge on any atom is -0.461 e. The molecule has 1 aliphatic rings. The van der Waals surface area contributed by atoms with Crippen molar-refractivity contribution in [2.45, 2.75) is 39.2 Å². The van der Waals surface area contributed by atoms with Gasteiger partial charge in [0.05, 0.1) is 39.6 Å². The molecule has 11 nitrogen and oxygen atoms in total. The Morgan fingerprint density at radius 3 is 2.38 bits per heavy atom. The Morgan fingerprint density at radius 1 is 0.940 bits per heavy atom. The Kier molecular flexibility index (Phi) is 14.6. The second-order valence-corrected chi connectivity index (χ2v) is 12.7. The first-order valence-electron chi connectivity index (χ1n) is 17.7. The number of nitrogens with one attached hydrogen (secondary N) is 2. The van der Waals surface area contributed by atoms with Crippen molar-refractivity contribution in [2.75, 3.05) is 77.8 Å². The number of carbonyl (C=O) groups is 1. The molecule has 2 N–H and O–H groups in total. The van der Waals surface area contributed by atoms with Crippen LogP contribution in [-0.4, -0.2) is 88.3 Å². The molecule has 268 valence electrons. The number of carbonyl (C=O) groups excluding carboxylic acids is 1. The van der Waals surface area contributed by atoms with Gasteiger partial charge in [0.1, 0.15) is 17.2 Å². The number of aromatic nitrogens is 2. The lowest BCUT2D eigenvalue weighted by Crippen LogP contribution is -2.38. The topological polar surface area (TPSA) is 115 Å². The minimum atomic E-state index is 0.0778. The molecular formula is C39H52N6O5. The van der Waals surface area contributed by atoms with Crippen molar-refractivity contribution >= 4 is 28.4 Å². The third-order valence-electron chi connectivity index (χ3n) is 8.75. The number of fused-ring (bicyclic) bond motifs is 1. The highest BCUT2D eigenvalue weighted by Crippen LogP contribution is 2.24. The second kappa shape index (κ2) is 19.8. The van der Waals surface area contributed by atoms with E-state index in [2.05, 4.69) is 75.6 Å². The summed E-state index contributed by atoms with van der Waals surface area (Å²) in [5.41, 5.74) is 4.86. The zero-order valence-electron chi connectivity index (χ0n) is 29.6.